The van der Waals surface area contributed by atoms with Gasteiger partial charge in [0, 0.05) is 6.07 Å². The fourth-order valence-electron chi connectivity index (χ4n) is 1.16. The zero-order valence-electron chi connectivity index (χ0n) is 8.05. The van der Waals surface area contributed by atoms with Crippen LogP contribution in [0.25, 0.3) is 0 Å². The monoisotopic (exact) mass is 182 g/mol. The van der Waals surface area contributed by atoms with Crippen molar-refractivity contribution < 1.29 is 9.47 Å². The summed E-state index contributed by atoms with van der Waals surface area (Å²) in [5, 5.41) is 0. The Bertz CT molecular complexity index is 300. The van der Waals surface area contributed by atoms with E-state index in [0.29, 0.717) is 11.4 Å². The molecular weight excluding hydrogens is 168 g/mol. The summed E-state index contributed by atoms with van der Waals surface area (Å²) in [4.78, 5) is 0. The third-order valence-electron chi connectivity index (χ3n) is 1.87. The lowest BCUT2D eigenvalue weighted by Gasteiger charge is -2.11. The van der Waals surface area contributed by atoms with Gasteiger partial charge in [0.25, 0.3) is 0 Å². The fourth-order valence-corrected chi connectivity index (χ4v) is 1.16. The van der Waals surface area contributed by atoms with E-state index < -0.39 is 0 Å². The standard InChI is InChI=1S/C9H14N2O2/c1-6-4-9(13-3)7(11-10)5-8(6)12-2/h4-5,11H,10H2,1-3H3. The van der Waals surface area contributed by atoms with Gasteiger partial charge in [-0.05, 0) is 18.6 Å². The third kappa shape index (κ3) is 1.84. The number of anilines is 1. The average Bonchev–Trinajstić information content (AvgIpc) is 2.17. The second kappa shape index (κ2) is 4.00. The molecule has 0 amide bonds. The van der Waals surface area contributed by atoms with E-state index in [1.807, 2.05) is 13.0 Å². The Hall–Kier alpha value is -1.42. The van der Waals surface area contributed by atoms with Gasteiger partial charge in [-0.3, -0.25) is 5.84 Å². The van der Waals surface area contributed by atoms with Crippen LogP contribution in [0.1, 0.15) is 5.56 Å². The van der Waals surface area contributed by atoms with Crippen LogP contribution in [0.4, 0.5) is 5.69 Å². The lowest BCUT2D eigenvalue weighted by molar-refractivity contribution is 0.402. The number of nitrogens with one attached hydrogen (secondary N) is 1. The van der Waals surface area contributed by atoms with Crippen LogP contribution in [0.3, 0.4) is 0 Å². The van der Waals surface area contributed by atoms with Crippen LogP contribution in [-0.2, 0) is 0 Å². The van der Waals surface area contributed by atoms with Crippen LogP contribution in [0, 0.1) is 6.92 Å². The van der Waals surface area contributed by atoms with Crippen LogP contribution >= 0.6 is 0 Å². The van der Waals surface area contributed by atoms with Crippen molar-refractivity contribution in [3.8, 4) is 11.5 Å². The van der Waals surface area contributed by atoms with Crippen LogP contribution in [-0.4, -0.2) is 14.2 Å². The number of hydrogen-bond acceptors (Lipinski definition) is 4. The van der Waals surface area contributed by atoms with E-state index >= 15 is 0 Å². The minimum atomic E-state index is 0.709. The topological polar surface area (TPSA) is 56.5 Å². The van der Waals surface area contributed by atoms with Gasteiger partial charge in [-0.2, -0.15) is 0 Å². The number of hydrogen-bond donors (Lipinski definition) is 2. The first-order chi connectivity index (χ1) is 6.22. The highest BCUT2D eigenvalue weighted by Gasteiger charge is 2.06. The van der Waals surface area contributed by atoms with Gasteiger partial charge in [-0.1, -0.05) is 0 Å². The summed E-state index contributed by atoms with van der Waals surface area (Å²) in [5.41, 5.74) is 4.27. The number of hydrazine groups is 1. The Kier molecular flexibility index (Phi) is 2.97. The molecule has 0 unspecified atom stereocenters. The lowest BCUT2D eigenvalue weighted by atomic mass is 10.2. The highest BCUT2D eigenvalue weighted by atomic mass is 16.5. The van der Waals surface area contributed by atoms with Crippen molar-refractivity contribution in [2.45, 2.75) is 6.92 Å². The molecule has 0 aliphatic rings. The molecule has 0 aromatic heterocycles. The zero-order valence-corrected chi connectivity index (χ0v) is 8.05. The average molecular weight is 182 g/mol. The Morgan fingerprint density at radius 3 is 2.23 bits per heavy atom. The molecule has 0 spiro atoms. The Labute approximate surface area is 77.6 Å². The molecule has 72 valence electrons. The van der Waals surface area contributed by atoms with E-state index in [-0.39, 0.29) is 0 Å². The van der Waals surface area contributed by atoms with Gasteiger partial charge in [0.2, 0.25) is 0 Å². The first kappa shape index (κ1) is 9.67. The lowest BCUT2D eigenvalue weighted by Crippen LogP contribution is -2.08. The molecule has 3 N–H and O–H groups in total. The number of ether oxygens (including phenoxy) is 2. The second-order valence-corrected chi connectivity index (χ2v) is 2.67. The molecule has 0 aliphatic heterocycles. The summed E-state index contributed by atoms with van der Waals surface area (Å²) in [6.07, 6.45) is 0. The summed E-state index contributed by atoms with van der Waals surface area (Å²) in [6.45, 7) is 1.95. The van der Waals surface area contributed by atoms with E-state index in [9.17, 15) is 0 Å². The molecule has 0 radical (unpaired) electrons. The summed E-state index contributed by atoms with van der Waals surface area (Å²) >= 11 is 0. The van der Waals surface area contributed by atoms with Crippen molar-refractivity contribution in [1.29, 1.82) is 0 Å². The van der Waals surface area contributed by atoms with Crippen LogP contribution in [0.5, 0.6) is 11.5 Å². The van der Waals surface area contributed by atoms with Crippen molar-refractivity contribution in [3.05, 3.63) is 17.7 Å². The summed E-state index contributed by atoms with van der Waals surface area (Å²) in [6, 6.07) is 3.67. The molecular formula is C9H14N2O2. The maximum absolute atomic E-state index is 5.31. The maximum atomic E-state index is 5.31. The number of rotatable bonds is 3. The number of aryl methyl sites for hydroxylation is 1. The number of benzene rings is 1. The predicted octanol–water partition coefficient (Wildman–Crippen LogP) is 1.30. The van der Waals surface area contributed by atoms with E-state index in [1.165, 1.54) is 0 Å². The van der Waals surface area contributed by atoms with Crippen molar-refractivity contribution in [3.63, 3.8) is 0 Å². The van der Waals surface area contributed by atoms with Crippen molar-refractivity contribution in [1.82, 2.24) is 0 Å². The SMILES string of the molecule is COc1cc(NN)c(OC)cc1C. The molecule has 4 heteroatoms. The molecule has 0 aliphatic carbocycles. The van der Waals surface area contributed by atoms with Gasteiger partial charge in [0.05, 0.1) is 19.9 Å². The zero-order chi connectivity index (χ0) is 9.84. The van der Waals surface area contributed by atoms with E-state index in [0.717, 1.165) is 11.3 Å². The number of methoxy groups -OCH3 is 2. The molecule has 0 fully saturated rings. The van der Waals surface area contributed by atoms with Crippen LogP contribution in [0.15, 0.2) is 12.1 Å². The van der Waals surface area contributed by atoms with E-state index in [1.54, 1.807) is 20.3 Å². The number of nitrogen functional groups attached to an aromatic ring is 1. The second-order valence-electron chi connectivity index (χ2n) is 2.67. The van der Waals surface area contributed by atoms with Crippen molar-refractivity contribution >= 4 is 5.69 Å². The number of nitrogens with two attached hydrogens (primary N) is 1. The van der Waals surface area contributed by atoms with Gasteiger partial charge in [0.15, 0.2) is 0 Å². The van der Waals surface area contributed by atoms with Gasteiger partial charge >= 0.3 is 0 Å². The Balaban J connectivity index is 3.18. The van der Waals surface area contributed by atoms with E-state index in [4.69, 9.17) is 15.3 Å². The molecule has 4 nitrogen and oxygen atoms in total. The van der Waals surface area contributed by atoms with E-state index in [2.05, 4.69) is 5.43 Å². The smallest absolute Gasteiger partial charge is 0.143 e. The maximum Gasteiger partial charge on any atom is 0.143 e. The molecule has 0 saturated carbocycles. The first-order valence-corrected chi connectivity index (χ1v) is 3.92. The molecule has 0 saturated heterocycles. The van der Waals surface area contributed by atoms with Gasteiger partial charge in [-0.15, -0.1) is 0 Å². The normalized spacial score (nSPS) is 9.54. The van der Waals surface area contributed by atoms with Gasteiger partial charge in [0.1, 0.15) is 11.5 Å². The molecule has 1 aromatic rings. The Morgan fingerprint density at radius 2 is 1.77 bits per heavy atom. The molecule has 13 heavy (non-hydrogen) atoms. The molecule has 0 atom stereocenters. The van der Waals surface area contributed by atoms with Gasteiger partial charge < -0.3 is 14.9 Å². The summed E-state index contributed by atoms with van der Waals surface area (Å²) in [7, 11) is 3.22. The largest absolute Gasteiger partial charge is 0.496 e. The third-order valence-corrected chi connectivity index (χ3v) is 1.87. The molecule has 1 rings (SSSR count). The minimum Gasteiger partial charge on any atom is -0.496 e. The highest BCUT2D eigenvalue weighted by molar-refractivity contribution is 5.61. The fraction of sp³-hybridized carbons (Fsp3) is 0.333. The van der Waals surface area contributed by atoms with Gasteiger partial charge in [-0.25, -0.2) is 0 Å². The molecule has 0 bridgehead atoms. The predicted molar refractivity (Wildman–Crippen MR) is 52.1 cm³/mol. The van der Waals surface area contributed by atoms with Crippen LogP contribution in [0.2, 0.25) is 0 Å². The summed E-state index contributed by atoms with van der Waals surface area (Å²) in [5.74, 6) is 6.81. The Morgan fingerprint density at radius 1 is 1.15 bits per heavy atom. The first-order valence-electron chi connectivity index (χ1n) is 3.92. The summed E-state index contributed by atoms with van der Waals surface area (Å²) < 4.78 is 10.3. The van der Waals surface area contributed by atoms with Crippen molar-refractivity contribution in [2.75, 3.05) is 19.6 Å². The molecule has 0 heterocycles. The van der Waals surface area contributed by atoms with Crippen LogP contribution < -0.4 is 20.7 Å². The molecule has 1 aromatic carbocycles. The highest BCUT2D eigenvalue weighted by Crippen LogP contribution is 2.31. The minimum absolute atomic E-state index is 0.709. The van der Waals surface area contributed by atoms with Crippen molar-refractivity contribution in [2.24, 2.45) is 5.84 Å². The quantitative estimate of drug-likeness (QED) is 0.546.